The monoisotopic (exact) mass is 268 g/mol. The molecule has 2 rings (SSSR count). The maximum atomic E-state index is 6.09. The van der Waals surface area contributed by atoms with Gasteiger partial charge in [0.15, 0.2) is 0 Å². The molecule has 0 aromatic carbocycles. The Morgan fingerprint density at radius 3 is 2.26 bits per heavy atom. The van der Waals surface area contributed by atoms with Gasteiger partial charge in [-0.1, -0.05) is 19.8 Å². The lowest BCUT2D eigenvalue weighted by Gasteiger charge is -2.42. The second kappa shape index (κ2) is 7.61. The first-order valence-electron chi connectivity index (χ1n) is 8.30. The van der Waals surface area contributed by atoms with Gasteiger partial charge in [-0.2, -0.15) is 0 Å². The zero-order valence-electron chi connectivity index (χ0n) is 12.8. The Bertz CT molecular complexity index is 243. The largest absolute Gasteiger partial charge is 0.378 e. The van der Waals surface area contributed by atoms with E-state index in [0.29, 0.717) is 12.1 Å². The minimum absolute atomic E-state index is 0.492. The SMILES string of the molecule is CCOC1CCN(C(CN)C2CCC(C)CC2)CC1. The quantitative estimate of drug-likeness (QED) is 0.833. The lowest BCUT2D eigenvalue weighted by atomic mass is 9.78. The van der Waals surface area contributed by atoms with Crippen LogP contribution in [0.5, 0.6) is 0 Å². The van der Waals surface area contributed by atoms with Gasteiger partial charge in [-0.05, 0) is 44.4 Å². The Labute approximate surface area is 118 Å². The maximum Gasteiger partial charge on any atom is 0.0599 e. The first kappa shape index (κ1) is 15.3. The highest BCUT2D eigenvalue weighted by Gasteiger charge is 2.31. The van der Waals surface area contributed by atoms with Crippen molar-refractivity contribution in [3.8, 4) is 0 Å². The number of likely N-dealkylation sites (tertiary alicyclic amines) is 1. The van der Waals surface area contributed by atoms with Crippen molar-refractivity contribution in [1.82, 2.24) is 4.90 Å². The molecule has 0 aromatic heterocycles. The third-order valence-corrected chi connectivity index (χ3v) is 5.19. The van der Waals surface area contributed by atoms with Gasteiger partial charge >= 0.3 is 0 Å². The van der Waals surface area contributed by atoms with E-state index in [-0.39, 0.29) is 0 Å². The van der Waals surface area contributed by atoms with Gasteiger partial charge in [0.1, 0.15) is 0 Å². The summed E-state index contributed by atoms with van der Waals surface area (Å²) in [5, 5.41) is 0. The summed E-state index contributed by atoms with van der Waals surface area (Å²) < 4.78 is 5.75. The highest BCUT2D eigenvalue weighted by atomic mass is 16.5. The second-order valence-electron chi connectivity index (χ2n) is 6.51. The molecule has 3 heteroatoms. The van der Waals surface area contributed by atoms with E-state index in [9.17, 15) is 0 Å². The lowest BCUT2D eigenvalue weighted by Crippen LogP contribution is -2.50. The van der Waals surface area contributed by atoms with Crippen LogP contribution in [0.15, 0.2) is 0 Å². The second-order valence-corrected chi connectivity index (χ2v) is 6.51. The molecule has 0 spiro atoms. The highest BCUT2D eigenvalue weighted by molar-refractivity contribution is 4.86. The van der Waals surface area contributed by atoms with E-state index in [0.717, 1.165) is 25.0 Å². The standard InChI is InChI=1S/C16H32N2O/c1-3-19-15-8-10-18(11-9-15)16(12-17)14-6-4-13(2)5-7-14/h13-16H,3-12,17H2,1-2H3. The summed E-state index contributed by atoms with van der Waals surface area (Å²) in [7, 11) is 0. The highest BCUT2D eigenvalue weighted by Crippen LogP contribution is 2.33. The van der Waals surface area contributed by atoms with E-state index in [1.165, 1.54) is 51.6 Å². The number of nitrogens with two attached hydrogens (primary N) is 1. The van der Waals surface area contributed by atoms with Crippen LogP contribution in [0.2, 0.25) is 0 Å². The van der Waals surface area contributed by atoms with Crippen LogP contribution >= 0.6 is 0 Å². The molecular formula is C16H32N2O. The van der Waals surface area contributed by atoms with E-state index in [2.05, 4.69) is 18.7 Å². The third kappa shape index (κ3) is 4.17. The summed E-state index contributed by atoms with van der Waals surface area (Å²) in [5.41, 5.74) is 6.09. The molecule has 3 nitrogen and oxygen atoms in total. The van der Waals surface area contributed by atoms with Gasteiger partial charge in [0, 0.05) is 32.3 Å². The van der Waals surface area contributed by atoms with Crippen molar-refractivity contribution in [1.29, 1.82) is 0 Å². The molecular weight excluding hydrogens is 236 g/mol. The molecule has 0 amide bonds. The fraction of sp³-hybridized carbons (Fsp3) is 1.00. The van der Waals surface area contributed by atoms with Crippen LogP contribution < -0.4 is 5.73 Å². The number of hydrogen-bond acceptors (Lipinski definition) is 3. The molecule has 1 heterocycles. The molecule has 0 aromatic rings. The summed E-state index contributed by atoms with van der Waals surface area (Å²) >= 11 is 0. The Balaban J connectivity index is 1.82. The minimum Gasteiger partial charge on any atom is -0.378 e. The zero-order chi connectivity index (χ0) is 13.7. The predicted molar refractivity (Wildman–Crippen MR) is 80.2 cm³/mol. The van der Waals surface area contributed by atoms with Crippen molar-refractivity contribution >= 4 is 0 Å². The van der Waals surface area contributed by atoms with Crippen LogP contribution in [0.25, 0.3) is 0 Å². The van der Waals surface area contributed by atoms with Crippen molar-refractivity contribution in [2.45, 2.75) is 64.5 Å². The first-order chi connectivity index (χ1) is 9.24. The van der Waals surface area contributed by atoms with E-state index in [4.69, 9.17) is 10.5 Å². The Hall–Kier alpha value is -0.120. The lowest BCUT2D eigenvalue weighted by molar-refractivity contribution is -0.00618. The first-order valence-corrected chi connectivity index (χ1v) is 8.30. The number of piperidine rings is 1. The smallest absolute Gasteiger partial charge is 0.0599 e. The Morgan fingerprint density at radius 1 is 1.11 bits per heavy atom. The van der Waals surface area contributed by atoms with Gasteiger partial charge in [0.25, 0.3) is 0 Å². The molecule has 0 bridgehead atoms. The van der Waals surface area contributed by atoms with Gasteiger partial charge in [-0.15, -0.1) is 0 Å². The van der Waals surface area contributed by atoms with Crippen LogP contribution in [0.4, 0.5) is 0 Å². The average Bonchev–Trinajstić information content (AvgIpc) is 2.44. The fourth-order valence-corrected chi connectivity index (χ4v) is 3.92. The van der Waals surface area contributed by atoms with Gasteiger partial charge in [-0.25, -0.2) is 0 Å². The molecule has 1 atom stereocenters. The Morgan fingerprint density at radius 2 is 1.74 bits per heavy atom. The summed E-state index contributed by atoms with van der Waals surface area (Å²) in [6.07, 6.45) is 8.43. The van der Waals surface area contributed by atoms with Crippen molar-refractivity contribution in [3.63, 3.8) is 0 Å². The summed E-state index contributed by atoms with van der Waals surface area (Å²) in [5.74, 6) is 1.77. The molecule has 2 fully saturated rings. The van der Waals surface area contributed by atoms with E-state index >= 15 is 0 Å². The molecule has 0 radical (unpaired) electrons. The van der Waals surface area contributed by atoms with Crippen LogP contribution in [-0.2, 0) is 4.74 Å². The van der Waals surface area contributed by atoms with E-state index < -0.39 is 0 Å². The topological polar surface area (TPSA) is 38.5 Å². The van der Waals surface area contributed by atoms with Gasteiger partial charge in [0.05, 0.1) is 6.10 Å². The van der Waals surface area contributed by atoms with Crippen molar-refractivity contribution in [2.75, 3.05) is 26.2 Å². The summed E-state index contributed by atoms with van der Waals surface area (Å²) in [4.78, 5) is 2.65. The molecule has 2 aliphatic rings. The zero-order valence-corrected chi connectivity index (χ0v) is 12.8. The van der Waals surface area contributed by atoms with E-state index in [1.807, 2.05) is 0 Å². The fourth-order valence-electron chi connectivity index (χ4n) is 3.92. The number of ether oxygens (including phenoxy) is 1. The van der Waals surface area contributed by atoms with Crippen LogP contribution in [0.3, 0.4) is 0 Å². The molecule has 1 saturated carbocycles. The van der Waals surface area contributed by atoms with Crippen LogP contribution in [0, 0.1) is 11.8 Å². The maximum absolute atomic E-state index is 6.09. The van der Waals surface area contributed by atoms with Gasteiger partial charge in [-0.3, -0.25) is 4.90 Å². The van der Waals surface area contributed by atoms with Gasteiger partial charge < -0.3 is 10.5 Å². The third-order valence-electron chi connectivity index (χ3n) is 5.19. The number of rotatable bonds is 5. The molecule has 1 aliphatic heterocycles. The van der Waals surface area contributed by atoms with Crippen LogP contribution in [-0.4, -0.2) is 43.3 Å². The molecule has 19 heavy (non-hydrogen) atoms. The summed E-state index contributed by atoms with van der Waals surface area (Å²) in [6, 6.07) is 0.620. The number of hydrogen-bond donors (Lipinski definition) is 1. The van der Waals surface area contributed by atoms with Crippen molar-refractivity contribution < 1.29 is 4.74 Å². The Kier molecular flexibility index (Phi) is 6.11. The normalized spacial score (nSPS) is 32.4. The van der Waals surface area contributed by atoms with Gasteiger partial charge in [0.2, 0.25) is 0 Å². The molecule has 2 N–H and O–H groups in total. The van der Waals surface area contributed by atoms with Crippen LogP contribution in [0.1, 0.15) is 52.4 Å². The van der Waals surface area contributed by atoms with Crippen molar-refractivity contribution in [2.24, 2.45) is 17.6 Å². The van der Waals surface area contributed by atoms with E-state index in [1.54, 1.807) is 0 Å². The predicted octanol–water partition coefficient (Wildman–Crippen LogP) is 2.64. The molecule has 112 valence electrons. The molecule has 1 saturated heterocycles. The molecule has 1 aliphatic carbocycles. The number of nitrogens with zero attached hydrogens (tertiary/aromatic N) is 1. The summed E-state index contributed by atoms with van der Waals surface area (Å²) in [6.45, 7) is 8.53. The molecule has 1 unspecified atom stereocenters. The average molecular weight is 268 g/mol. The van der Waals surface area contributed by atoms with Crippen molar-refractivity contribution in [3.05, 3.63) is 0 Å². The minimum atomic E-state index is 0.492.